The third kappa shape index (κ3) is 3.11. The maximum absolute atomic E-state index is 13.8. The Morgan fingerprint density at radius 3 is 2.22 bits per heavy atom. The topological polar surface area (TPSA) is 0 Å². The highest BCUT2D eigenvalue weighted by Gasteiger charge is 2.17. The van der Waals surface area contributed by atoms with E-state index in [4.69, 9.17) is 0 Å². The van der Waals surface area contributed by atoms with Gasteiger partial charge in [0.25, 0.3) is 0 Å². The van der Waals surface area contributed by atoms with Crippen LogP contribution in [0.5, 0.6) is 0 Å². The Bertz CT molecular complexity index is 570. The van der Waals surface area contributed by atoms with Gasteiger partial charge >= 0.3 is 0 Å². The van der Waals surface area contributed by atoms with Gasteiger partial charge in [-0.25, -0.2) is 8.78 Å². The minimum Gasteiger partial charge on any atom is -0.207 e. The molecule has 0 N–H and O–H groups in total. The van der Waals surface area contributed by atoms with Gasteiger partial charge < -0.3 is 0 Å². The van der Waals surface area contributed by atoms with Crippen molar-refractivity contribution in [1.29, 1.82) is 0 Å². The molecule has 0 saturated heterocycles. The van der Waals surface area contributed by atoms with Crippen LogP contribution in [0.2, 0.25) is 0 Å². The first-order valence-electron chi connectivity index (χ1n) is 5.03. The Kier molecular flexibility index (Phi) is 4.77. The fourth-order valence-corrected chi connectivity index (χ4v) is 2.87. The number of hydrogen-bond donors (Lipinski definition) is 0. The lowest BCUT2D eigenvalue weighted by Gasteiger charge is -2.12. The van der Waals surface area contributed by atoms with Crippen LogP contribution in [0.4, 0.5) is 8.78 Å². The number of hydrogen-bond acceptors (Lipinski definition) is 0. The summed E-state index contributed by atoms with van der Waals surface area (Å²) in [7, 11) is 0. The predicted molar refractivity (Wildman–Crippen MR) is 84.0 cm³/mol. The van der Waals surface area contributed by atoms with Crippen LogP contribution in [0.3, 0.4) is 0 Å². The quantitative estimate of drug-likeness (QED) is 0.285. The Morgan fingerprint density at radius 1 is 1.00 bits per heavy atom. The maximum Gasteiger partial charge on any atom is 0.137 e. The van der Waals surface area contributed by atoms with Crippen molar-refractivity contribution in [2.24, 2.45) is 0 Å². The average molecular weight is 488 g/mol. The van der Waals surface area contributed by atoms with E-state index in [1.807, 2.05) is 24.3 Å². The van der Waals surface area contributed by atoms with Crippen molar-refractivity contribution < 1.29 is 8.78 Å². The van der Waals surface area contributed by atoms with Crippen LogP contribution in [0, 0.1) is 15.2 Å². The van der Waals surface area contributed by atoms with Crippen LogP contribution in [-0.4, -0.2) is 0 Å². The molecule has 0 spiro atoms. The molecule has 0 aromatic heterocycles. The Hall–Kier alpha value is -0.0100. The Morgan fingerprint density at radius 2 is 1.61 bits per heavy atom. The van der Waals surface area contributed by atoms with Crippen LogP contribution in [-0.2, 0) is 0 Å². The number of benzene rings is 2. The van der Waals surface area contributed by atoms with Crippen molar-refractivity contribution in [3.05, 3.63) is 67.2 Å². The van der Waals surface area contributed by atoms with Gasteiger partial charge in [-0.2, -0.15) is 0 Å². The van der Waals surface area contributed by atoms with E-state index >= 15 is 0 Å². The molecule has 2 aromatic carbocycles. The number of alkyl halides is 1. The summed E-state index contributed by atoms with van der Waals surface area (Å²) in [5.74, 6) is -0.912. The summed E-state index contributed by atoms with van der Waals surface area (Å²) in [5, 5.41) is 0. The fraction of sp³-hybridized carbons (Fsp3) is 0.0769. The van der Waals surface area contributed by atoms with Gasteiger partial charge in [-0.05, 0) is 68.3 Å². The zero-order valence-electron chi connectivity index (χ0n) is 8.93. The van der Waals surface area contributed by atoms with Gasteiger partial charge in [0.15, 0.2) is 0 Å². The summed E-state index contributed by atoms with van der Waals surface area (Å²) < 4.78 is 28.5. The first-order chi connectivity index (χ1) is 8.49. The summed E-state index contributed by atoms with van der Waals surface area (Å²) in [5.41, 5.74) is 1.17. The summed E-state index contributed by atoms with van der Waals surface area (Å²) in [6.45, 7) is 0. The van der Waals surface area contributed by atoms with Crippen molar-refractivity contribution in [3.63, 3.8) is 0 Å². The second kappa shape index (κ2) is 5.96. The van der Waals surface area contributed by atoms with Crippen LogP contribution >= 0.6 is 54.5 Å². The normalized spacial score (nSPS) is 12.5. The molecule has 1 atom stereocenters. The first-order valence-corrected chi connectivity index (χ1v) is 7.81. The predicted octanol–water partition coefficient (Wildman–Crippen LogP) is 5.82. The van der Waals surface area contributed by atoms with Crippen molar-refractivity contribution >= 4 is 54.5 Å². The van der Waals surface area contributed by atoms with E-state index in [1.165, 1.54) is 6.07 Å². The molecule has 0 aliphatic heterocycles. The van der Waals surface area contributed by atoms with E-state index in [0.717, 1.165) is 15.2 Å². The third-order valence-corrected chi connectivity index (χ3v) is 4.82. The molecule has 2 rings (SSSR count). The monoisotopic (exact) mass is 486 g/mol. The van der Waals surface area contributed by atoms with E-state index in [1.54, 1.807) is 0 Å². The molecule has 94 valence electrons. The molecule has 1 unspecified atom stereocenters. The molecule has 5 heteroatoms. The summed E-state index contributed by atoms with van der Waals surface area (Å²) in [4.78, 5) is -0.364. The molecule has 0 nitrogen and oxygen atoms in total. The largest absolute Gasteiger partial charge is 0.207 e. The van der Waals surface area contributed by atoms with Crippen molar-refractivity contribution in [2.45, 2.75) is 4.83 Å². The van der Waals surface area contributed by atoms with Crippen LogP contribution in [0.15, 0.2) is 40.9 Å². The van der Waals surface area contributed by atoms with Crippen molar-refractivity contribution in [3.8, 4) is 0 Å². The average Bonchev–Trinajstić information content (AvgIpc) is 2.34. The molecule has 0 saturated carbocycles. The van der Waals surface area contributed by atoms with Crippen molar-refractivity contribution in [1.82, 2.24) is 0 Å². The van der Waals surface area contributed by atoms with E-state index in [-0.39, 0.29) is 14.9 Å². The van der Waals surface area contributed by atoms with Gasteiger partial charge in [0.2, 0.25) is 0 Å². The minimum atomic E-state index is -0.471. The van der Waals surface area contributed by atoms with Gasteiger partial charge in [-0.3, -0.25) is 0 Å². The second-order valence-corrected chi connectivity index (χ2v) is 6.72. The lowest BCUT2D eigenvalue weighted by molar-refractivity contribution is 0.583. The minimum absolute atomic E-state index is 0.131. The molecule has 2 aromatic rings. The molecule has 18 heavy (non-hydrogen) atoms. The summed E-state index contributed by atoms with van der Waals surface area (Å²) in [6.07, 6.45) is 0. The smallest absolute Gasteiger partial charge is 0.137 e. The molecule has 0 amide bonds. The molecule has 0 aliphatic rings. The number of halogens is 5. The molecular formula is C13H7Br2F2I. The van der Waals surface area contributed by atoms with Crippen LogP contribution in [0.25, 0.3) is 0 Å². The van der Waals surface area contributed by atoms with E-state index in [0.29, 0.717) is 0 Å². The van der Waals surface area contributed by atoms with Gasteiger partial charge in [0.05, 0.1) is 9.30 Å². The van der Waals surface area contributed by atoms with Crippen LogP contribution < -0.4 is 0 Å². The highest BCUT2D eigenvalue weighted by Crippen LogP contribution is 2.34. The highest BCUT2D eigenvalue weighted by molar-refractivity contribution is 14.1. The lowest BCUT2D eigenvalue weighted by Crippen LogP contribution is -1.98. The summed E-state index contributed by atoms with van der Waals surface area (Å²) >= 11 is 8.56. The SMILES string of the molecule is Fc1cc(C(Br)c2ccc(I)cc2)c(F)cc1Br. The first kappa shape index (κ1) is 14.4. The lowest BCUT2D eigenvalue weighted by atomic mass is 10.0. The van der Waals surface area contributed by atoms with Gasteiger partial charge in [0.1, 0.15) is 11.6 Å². The van der Waals surface area contributed by atoms with Gasteiger partial charge in [-0.15, -0.1) is 0 Å². The zero-order chi connectivity index (χ0) is 13.3. The Labute approximate surface area is 134 Å². The maximum atomic E-state index is 13.8. The van der Waals surface area contributed by atoms with Crippen LogP contribution in [0.1, 0.15) is 16.0 Å². The number of rotatable bonds is 2. The second-order valence-electron chi connectivity index (χ2n) is 3.70. The zero-order valence-corrected chi connectivity index (χ0v) is 14.3. The molecule has 0 bridgehead atoms. The fourth-order valence-electron chi connectivity index (χ4n) is 1.54. The van der Waals surface area contributed by atoms with Gasteiger partial charge in [-0.1, -0.05) is 28.1 Å². The van der Waals surface area contributed by atoms with E-state index in [9.17, 15) is 8.78 Å². The molecule has 0 heterocycles. The Balaban J connectivity index is 2.42. The van der Waals surface area contributed by atoms with E-state index in [2.05, 4.69) is 54.5 Å². The van der Waals surface area contributed by atoms with E-state index < -0.39 is 11.6 Å². The highest BCUT2D eigenvalue weighted by atomic mass is 127. The molecule has 0 aliphatic carbocycles. The molecule has 0 fully saturated rings. The van der Waals surface area contributed by atoms with Gasteiger partial charge in [0, 0.05) is 9.13 Å². The molecule has 0 radical (unpaired) electrons. The summed E-state index contributed by atoms with van der Waals surface area (Å²) in [6, 6.07) is 9.98. The van der Waals surface area contributed by atoms with Crippen molar-refractivity contribution in [2.75, 3.05) is 0 Å². The molecular weight excluding hydrogens is 481 g/mol. The third-order valence-electron chi connectivity index (χ3n) is 2.48. The standard InChI is InChI=1S/C13H7Br2F2I/c14-10-6-11(16)9(5-12(10)17)13(15)7-1-3-8(18)4-2-7/h1-6,13H.